The van der Waals surface area contributed by atoms with E-state index >= 15 is 0 Å². The molecule has 114 valence electrons. The van der Waals surface area contributed by atoms with Crippen molar-refractivity contribution >= 4 is 18.3 Å². The molecule has 1 unspecified atom stereocenters. The minimum atomic E-state index is 0. The van der Waals surface area contributed by atoms with Crippen molar-refractivity contribution in [3.63, 3.8) is 0 Å². The summed E-state index contributed by atoms with van der Waals surface area (Å²) in [5, 5.41) is 6.45. The van der Waals surface area contributed by atoms with Crippen molar-refractivity contribution in [2.75, 3.05) is 26.8 Å². The van der Waals surface area contributed by atoms with Gasteiger partial charge in [0.15, 0.2) is 0 Å². The molecule has 1 amide bonds. The van der Waals surface area contributed by atoms with Crippen molar-refractivity contribution in [2.45, 2.75) is 52.0 Å². The maximum Gasteiger partial charge on any atom is 0.220 e. The van der Waals surface area contributed by atoms with Gasteiger partial charge in [-0.1, -0.05) is 13.8 Å². The predicted octanol–water partition coefficient (Wildman–Crippen LogP) is 2.12. The number of methoxy groups -OCH3 is 1. The molecule has 0 bridgehead atoms. The summed E-state index contributed by atoms with van der Waals surface area (Å²) >= 11 is 0. The van der Waals surface area contributed by atoms with Gasteiger partial charge in [-0.15, -0.1) is 12.4 Å². The molecule has 1 aliphatic heterocycles. The highest BCUT2D eigenvalue weighted by atomic mass is 35.5. The van der Waals surface area contributed by atoms with E-state index < -0.39 is 0 Å². The first-order valence-electron chi connectivity index (χ1n) is 7.02. The van der Waals surface area contributed by atoms with Crippen molar-refractivity contribution in [1.82, 2.24) is 10.6 Å². The zero-order chi connectivity index (χ0) is 13.4. The predicted molar refractivity (Wildman–Crippen MR) is 80.8 cm³/mol. The number of ether oxygens (including phenoxy) is 1. The average molecular weight is 293 g/mol. The topological polar surface area (TPSA) is 50.4 Å². The molecule has 1 rings (SSSR count). The lowest BCUT2D eigenvalue weighted by atomic mass is 9.89. The first-order chi connectivity index (χ1) is 8.53. The Kier molecular flexibility index (Phi) is 9.40. The maximum absolute atomic E-state index is 11.8. The standard InChI is InChI=1S/C14H28N2O2.ClH/c1-14(2,8-10-18-3)11-16-13(17)7-6-12-5-4-9-15-12;/h12,15H,4-11H2,1-3H3,(H,16,17);1H. The van der Waals surface area contributed by atoms with E-state index in [0.29, 0.717) is 12.5 Å². The SMILES string of the molecule is COCCC(C)(C)CNC(=O)CCC1CCCN1.Cl. The fraction of sp³-hybridized carbons (Fsp3) is 0.929. The quantitative estimate of drug-likeness (QED) is 0.720. The van der Waals surface area contributed by atoms with Gasteiger partial charge in [0, 0.05) is 32.7 Å². The van der Waals surface area contributed by atoms with Gasteiger partial charge in [-0.2, -0.15) is 0 Å². The van der Waals surface area contributed by atoms with Crippen LogP contribution in [-0.2, 0) is 9.53 Å². The van der Waals surface area contributed by atoms with Gasteiger partial charge >= 0.3 is 0 Å². The van der Waals surface area contributed by atoms with Gasteiger partial charge in [-0.05, 0) is 37.6 Å². The number of carbonyl (C=O) groups excluding carboxylic acids is 1. The zero-order valence-corrected chi connectivity index (χ0v) is 13.3. The minimum Gasteiger partial charge on any atom is -0.385 e. The Balaban J connectivity index is 0.00000324. The number of nitrogens with one attached hydrogen (secondary N) is 2. The highest BCUT2D eigenvalue weighted by molar-refractivity contribution is 5.85. The van der Waals surface area contributed by atoms with Crippen LogP contribution in [0.5, 0.6) is 0 Å². The molecular weight excluding hydrogens is 264 g/mol. The molecule has 0 aromatic carbocycles. The van der Waals surface area contributed by atoms with Crippen molar-refractivity contribution < 1.29 is 9.53 Å². The van der Waals surface area contributed by atoms with Crippen LogP contribution < -0.4 is 10.6 Å². The first kappa shape index (κ1) is 18.7. The van der Waals surface area contributed by atoms with E-state index in [1.165, 1.54) is 12.8 Å². The molecule has 0 radical (unpaired) electrons. The van der Waals surface area contributed by atoms with Crippen molar-refractivity contribution in [3.8, 4) is 0 Å². The van der Waals surface area contributed by atoms with Crippen molar-refractivity contribution in [1.29, 1.82) is 0 Å². The van der Waals surface area contributed by atoms with E-state index in [0.717, 1.165) is 32.5 Å². The lowest BCUT2D eigenvalue weighted by Gasteiger charge is -2.24. The molecule has 0 aromatic heterocycles. The molecule has 1 saturated heterocycles. The number of rotatable bonds is 8. The summed E-state index contributed by atoms with van der Waals surface area (Å²) in [4.78, 5) is 11.8. The molecule has 0 aliphatic carbocycles. The number of amides is 1. The molecule has 5 heteroatoms. The van der Waals surface area contributed by atoms with Crippen LogP contribution in [0, 0.1) is 5.41 Å². The molecule has 1 heterocycles. The lowest BCUT2D eigenvalue weighted by Crippen LogP contribution is -2.35. The van der Waals surface area contributed by atoms with E-state index in [-0.39, 0.29) is 23.7 Å². The number of carbonyl (C=O) groups is 1. The highest BCUT2D eigenvalue weighted by Gasteiger charge is 2.19. The Hall–Kier alpha value is -0.320. The molecule has 0 saturated carbocycles. The Bertz CT molecular complexity index is 254. The Labute approximate surface area is 123 Å². The van der Waals surface area contributed by atoms with Gasteiger partial charge in [-0.3, -0.25) is 4.79 Å². The minimum absolute atomic E-state index is 0. The van der Waals surface area contributed by atoms with Gasteiger partial charge in [0.1, 0.15) is 0 Å². The Morgan fingerprint density at radius 2 is 2.21 bits per heavy atom. The van der Waals surface area contributed by atoms with Crippen LogP contribution in [0.3, 0.4) is 0 Å². The van der Waals surface area contributed by atoms with Crippen LogP contribution >= 0.6 is 12.4 Å². The second-order valence-electron chi connectivity index (χ2n) is 6.02. The average Bonchev–Trinajstić information content (AvgIpc) is 2.84. The molecule has 4 nitrogen and oxygen atoms in total. The van der Waals surface area contributed by atoms with Crippen LogP contribution in [0.4, 0.5) is 0 Å². The summed E-state index contributed by atoms with van der Waals surface area (Å²) in [6.07, 6.45) is 5.03. The van der Waals surface area contributed by atoms with E-state index in [9.17, 15) is 4.79 Å². The molecule has 0 spiro atoms. The molecule has 2 N–H and O–H groups in total. The van der Waals surface area contributed by atoms with Crippen LogP contribution in [0.1, 0.15) is 46.0 Å². The van der Waals surface area contributed by atoms with Gasteiger partial charge in [-0.25, -0.2) is 0 Å². The third-order valence-electron chi connectivity index (χ3n) is 3.63. The smallest absolute Gasteiger partial charge is 0.220 e. The highest BCUT2D eigenvalue weighted by Crippen LogP contribution is 2.18. The van der Waals surface area contributed by atoms with Gasteiger partial charge in [0.25, 0.3) is 0 Å². The Morgan fingerprint density at radius 3 is 2.79 bits per heavy atom. The fourth-order valence-electron chi connectivity index (χ4n) is 2.20. The summed E-state index contributed by atoms with van der Waals surface area (Å²) in [6.45, 7) is 6.90. The van der Waals surface area contributed by atoms with E-state index in [4.69, 9.17) is 4.74 Å². The normalized spacial score (nSPS) is 19.0. The Morgan fingerprint density at radius 1 is 1.47 bits per heavy atom. The third-order valence-corrected chi connectivity index (χ3v) is 3.63. The summed E-state index contributed by atoms with van der Waals surface area (Å²) in [5.41, 5.74) is 0.108. The summed E-state index contributed by atoms with van der Waals surface area (Å²) in [6, 6.07) is 0.553. The van der Waals surface area contributed by atoms with Crippen molar-refractivity contribution in [3.05, 3.63) is 0 Å². The van der Waals surface area contributed by atoms with Crippen molar-refractivity contribution in [2.24, 2.45) is 5.41 Å². The van der Waals surface area contributed by atoms with Gasteiger partial charge in [0.2, 0.25) is 5.91 Å². The van der Waals surface area contributed by atoms with E-state index in [2.05, 4.69) is 24.5 Å². The number of halogens is 1. The molecule has 0 aromatic rings. The number of hydrogen-bond donors (Lipinski definition) is 2. The third kappa shape index (κ3) is 8.45. The zero-order valence-electron chi connectivity index (χ0n) is 12.5. The monoisotopic (exact) mass is 292 g/mol. The van der Waals surface area contributed by atoms with E-state index in [1.54, 1.807) is 7.11 Å². The molecule has 1 aliphatic rings. The molecule has 1 fully saturated rings. The van der Waals surface area contributed by atoms with E-state index in [1.807, 2.05) is 0 Å². The molecule has 1 atom stereocenters. The van der Waals surface area contributed by atoms with Crippen LogP contribution in [0.25, 0.3) is 0 Å². The largest absolute Gasteiger partial charge is 0.385 e. The summed E-state index contributed by atoms with van der Waals surface area (Å²) in [7, 11) is 1.71. The molecular formula is C14H29ClN2O2. The maximum atomic E-state index is 11.8. The fourth-order valence-corrected chi connectivity index (χ4v) is 2.20. The van der Waals surface area contributed by atoms with Crippen LogP contribution in [0.15, 0.2) is 0 Å². The second kappa shape index (κ2) is 9.56. The number of hydrogen-bond acceptors (Lipinski definition) is 3. The first-order valence-corrected chi connectivity index (χ1v) is 7.02. The van der Waals surface area contributed by atoms with Crippen LogP contribution in [-0.4, -0.2) is 38.8 Å². The summed E-state index contributed by atoms with van der Waals surface area (Å²) in [5.74, 6) is 0.175. The van der Waals surface area contributed by atoms with Gasteiger partial charge in [0.05, 0.1) is 0 Å². The lowest BCUT2D eigenvalue weighted by molar-refractivity contribution is -0.121. The summed E-state index contributed by atoms with van der Waals surface area (Å²) < 4.78 is 5.08. The second-order valence-corrected chi connectivity index (χ2v) is 6.02. The van der Waals surface area contributed by atoms with Gasteiger partial charge < -0.3 is 15.4 Å². The van der Waals surface area contributed by atoms with Crippen LogP contribution in [0.2, 0.25) is 0 Å². The molecule has 19 heavy (non-hydrogen) atoms.